The van der Waals surface area contributed by atoms with Crippen molar-refractivity contribution in [2.45, 2.75) is 30.7 Å². The molecule has 1 aromatic rings. The molecule has 1 aromatic carbocycles. The molecule has 6 nitrogen and oxygen atoms in total. The van der Waals surface area contributed by atoms with Crippen molar-refractivity contribution in [2.24, 2.45) is 17.0 Å². The van der Waals surface area contributed by atoms with E-state index in [1.165, 1.54) is 5.56 Å². The standard InChI is InChI=1S/C14H20N2O2S.C2HF3O2/c1-2-14(12-7-16-8-13(12)14)11-5-3-4-10(6-11)9-19(15,17)18;3-2(4,5)1(6)7/h3-6,12-13,16H,2,7-9H2,1H3,(H2,15,17,18);(H,6,7). The highest BCUT2D eigenvalue weighted by molar-refractivity contribution is 7.88. The van der Waals surface area contributed by atoms with Crippen LogP contribution in [0.4, 0.5) is 13.2 Å². The Morgan fingerprint density at radius 3 is 2.31 bits per heavy atom. The third-order valence-electron chi connectivity index (χ3n) is 5.09. The number of carbonyl (C=O) groups is 1. The minimum absolute atomic E-state index is 0.0752. The van der Waals surface area contributed by atoms with Gasteiger partial charge in [-0.05, 0) is 42.5 Å². The third-order valence-corrected chi connectivity index (χ3v) is 5.82. The van der Waals surface area contributed by atoms with Crippen LogP contribution in [-0.2, 0) is 26.0 Å². The molecule has 2 atom stereocenters. The van der Waals surface area contributed by atoms with Crippen molar-refractivity contribution in [3.05, 3.63) is 35.4 Å². The Balaban J connectivity index is 0.000000298. The number of alkyl halides is 3. The molecule has 2 unspecified atom stereocenters. The molecule has 3 rings (SSSR count). The van der Waals surface area contributed by atoms with Crippen LogP contribution in [0.5, 0.6) is 0 Å². The third kappa shape index (κ3) is 4.36. The van der Waals surface area contributed by atoms with Crippen molar-refractivity contribution in [2.75, 3.05) is 13.1 Å². The van der Waals surface area contributed by atoms with E-state index in [-0.39, 0.29) is 11.2 Å². The summed E-state index contributed by atoms with van der Waals surface area (Å²) < 4.78 is 54.2. The predicted octanol–water partition coefficient (Wildman–Crippen LogP) is 1.61. The monoisotopic (exact) mass is 394 g/mol. The van der Waals surface area contributed by atoms with Crippen molar-refractivity contribution in [3.8, 4) is 0 Å². The number of piperidine rings is 1. The number of aliphatic carboxylic acids is 1. The lowest BCUT2D eigenvalue weighted by Crippen LogP contribution is -2.25. The summed E-state index contributed by atoms with van der Waals surface area (Å²) in [5.74, 6) is -1.41. The van der Waals surface area contributed by atoms with Gasteiger partial charge in [0.05, 0.1) is 5.75 Å². The first-order valence-corrected chi connectivity index (χ1v) is 9.74. The van der Waals surface area contributed by atoms with Gasteiger partial charge in [0.25, 0.3) is 0 Å². The molecule has 1 saturated heterocycles. The Kier molecular flexibility index (Phi) is 5.69. The maximum Gasteiger partial charge on any atom is 0.490 e. The summed E-state index contributed by atoms with van der Waals surface area (Å²) in [6, 6.07) is 7.96. The van der Waals surface area contributed by atoms with Crippen LogP contribution in [0.2, 0.25) is 0 Å². The number of nitrogens with one attached hydrogen (secondary N) is 1. The summed E-state index contributed by atoms with van der Waals surface area (Å²) >= 11 is 0. The Hall–Kier alpha value is -1.65. The molecular formula is C16H21F3N2O4S. The average molecular weight is 394 g/mol. The maximum atomic E-state index is 11.2. The molecule has 1 aliphatic carbocycles. The van der Waals surface area contributed by atoms with E-state index in [0.29, 0.717) is 11.8 Å². The first-order valence-electron chi connectivity index (χ1n) is 8.02. The summed E-state index contributed by atoms with van der Waals surface area (Å²) in [6.07, 6.45) is -3.97. The molecule has 1 saturated carbocycles. The SMILES string of the molecule is CCC1(c2cccc(CS(N)(=O)=O)c2)C2CNCC21.O=C(O)C(F)(F)F. The van der Waals surface area contributed by atoms with Gasteiger partial charge < -0.3 is 10.4 Å². The molecule has 1 heterocycles. The average Bonchev–Trinajstić information content (AvgIpc) is 2.86. The van der Waals surface area contributed by atoms with E-state index in [4.69, 9.17) is 15.0 Å². The van der Waals surface area contributed by atoms with Gasteiger partial charge in [0.15, 0.2) is 0 Å². The van der Waals surface area contributed by atoms with Crippen molar-refractivity contribution < 1.29 is 31.5 Å². The van der Waals surface area contributed by atoms with Crippen LogP contribution in [0.1, 0.15) is 24.5 Å². The van der Waals surface area contributed by atoms with Gasteiger partial charge in [0.2, 0.25) is 10.0 Å². The fourth-order valence-electron chi connectivity index (χ4n) is 3.99. The van der Waals surface area contributed by atoms with Gasteiger partial charge >= 0.3 is 12.1 Å². The normalized spacial score (nSPS) is 27.3. The summed E-state index contributed by atoms with van der Waals surface area (Å²) in [4.78, 5) is 8.90. The van der Waals surface area contributed by atoms with Gasteiger partial charge in [-0.25, -0.2) is 18.4 Å². The number of hydrogen-bond acceptors (Lipinski definition) is 4. The quantitative estimate of drug-likeness (QED) is 0.719. The lowest BCUT2D eigenvalue weighted by molar-refractivity contribution is -0.192. The molecule has 26 heavy (non-hydrogen) atoms. The minimum atomic E-state index is -5.08. The highest BCUT2D eigenvalue weighted by atomic mass is 32.2. The van der Waals surface area contributed by atoms with Crippen LogP contribution in [-0.4, -0.2) is 38.8 Å². The molecule has 0 spiro atoms. The molecular weight excluding hydrogens is 373 g/mol. The van der Waals surface area contributed by atoms with Gasteiger partial charge in [-0.1, -0.05) is 31.2 Å². The fourth-order valence-corrected chi connectivity index (χ4v) is 4.63. The predicted molar refractivity (Wildman–Crippen MR) is 88.8 cm³/mol. The number of carboxylic acids is 1. The van der Waals surface area contributed by atoms with Crippen molar-refractivity contribution in [1.82, 2.24) is 5.32 Å². The number of rotatable bonds is 4. The number of primary sulfonamides is 1. The molecule has 0 bridgehead atoms. The Bertz CT molecular complexity index is 770. The zero-order valence-corrected chi connectivity index (χ0v) is 14.9. The van der Waals surface area contributed by atoms with Crippen molar-refractivity contribution in [3.63, 3.8) is 0 Å². The Labute approximate surface area is 149 Å². The van der Waals surface area contributed by atoms with Gasteiger partial charge in [-0.3, -0.25) is 0 Å². The lowest BCUT2D eigenvalue weighted by atomic mass is 9.87. The first kappa shape index (κ1) is 20.7. The van der Waals surface area contributed by atoms with E-state index < -0.39 is 22.2 Å². The van der Waals surface area contributed by atoms with E-state index in [1.54, 1.807) is 0 Å². The summed E-state index contributed by atoms with van der Waals surface area (Å²) in [6.45, 7) is 4.39. The van der Waals surface area contributed by atoms with E-state index in [1.807, 2.05) is 18.2 Å². The first-order chi connectivity index (χ1) is 11.9. The molecule has 1 aliphatic heterocycles. The molecule has 2 fully saturated rings. The van der Waals surface area contributed by atoms with Crippen LogP contribution in [0, 0.1) is 11.8 Å². The second-order valence-electron chi connectivity index (χ2n) is 6.58. The number of nitrogens with two attached hydrogens (primary N) is 1. The molecule has 0 radical (unpaired) electrons. The second-order valence-corrected chi connectivity index (χ2v) is 8.19. The van der Waals surface area contributed by atoms with Gasteiger partial charge in [0, 0.05) is 5.41 Å². The van der Waals surface area contributed by atoms with Crippen LogP contribution in [0.15, 0.2) is 24.3 Å². The molecule has 2 aliphatic rings. The van der Waals surface area contributed by atoms with Crippen LogP contribution >= 0.6 is 0 Å². The van der Waals surface area contributed by atoms with E-state index in [9.17, 15) is 21.6 Å². The topological polar surface area (TPSA) is 109 Å². The minimum Gasteiger partial charge on any atom is -0.475 e. The fraction of sp³-hybridized carbons (Fsp3) is 0.562. The van der Waals surface area contributed by atoms with Crippen molar-refractivity contribution >= 4 is 16.0 Å². The Morgan fingerprint density at radius 1 is 1.35 bits per heavy atom. The summed E-state index contributed by atoms with van der Waals surface area (Å²) in [5, 5.41) is 15.7. The van der Waals surface area contributed by atoms with Gasteiger partial charge in [0.1, 0.15) is 0 Å². The van der Waals surface area contributed by atoms with Crippen molar-refractivity contribution in [1.29, 1.82) is 0 Å². The zero-order valence-electron chi connectivity index (χ0n) is 14.1. The zero-order chi connectivity index (χ0) is 19.8. The van der Waals surface area contributed by atoms with E-state index >= 15 is 0 Å². The molecule has 0 aromatic heterocycles. The lowest BCUT2D eigenvalue weighted by Gasteiger charge is -2.20. The molecule has 10 heteroatoms. The van der Waals surface area contributed by atoms with E-state index in [2.05, 4.69) is 18.3 Å². The molecule has 146 valence electrons. The Morgan fingerprint density at radius 2 is 1.88 bits per heavy atom. The maximum absolute atomic E-state index is 11.2. The molecule has 4 N–H and O–H groups in total. The van der Waals surface area contributed by atoms with Crippen LogP contribution in [0.25, 0.3) is 0 Å². The number of sulfonamides is 1. The number of hydrogen-bond donors (Lipinski definition) is 3. The van der Waals surface area contributed by atoms with E-state index in [0.717, 1.165) is 25.1 Å². The smallest absolute Gasteiger partial charge is 0.475 e. The van der Waals surface area contributed by atoms with Crippen LogP contribution < -0.4 is 10.5 Å². The summed E-state index contributed by atoms with van der Waals surface area (Å²) in [7, 11) is -3.46. The largest absolute Gasteiger partial charge is 0.490 e. The van der Waals surface area contributed by atoms with Crippen LogP contribution in [0.3, 0.4) is 0 Å². The summed E-state index contributed by atoms with van der Waals surface area (Å²) in [5.41, 5.74) is 2.35. The highest BCUT2D eigenvalue weighted by Gasteiger charge is 2.65. The second kappa shape index (κ2) is 7.16. The molecule has 0 amide bonds. The van der Waals surface area contributed by atoms with Gasteiger partial charge in [-0.2, -0.15) is 13.2 Å². The highest BCUT2D eigenvalue weighted by Crippen LogP contribution is 2.63. The number of fused-ring (bicyclic) bond motifs is 1. The number of halogens is 3. The number of carboxylic acid groups (broad SMARTS) is 1. The number of benzene rings is 1. The van der Waals surface area contributed by atoms with Gasteiger partial charge in [-0.15, -0.1) is 0 Å².